The molecule has 1 aliphatic rings. The Kier molecular flexibility index (Phi) is 6.18. The third-order valence-corrected chi connectivity index (χ3v) is 5.42. The molecule has 3 N–H and O–H groups in total. The van der Waals surface area contributed by atoms with Crippen molar-refractivity contribution in [1.82, 2.24) is 20.1 Å². The van der Waals surface area contributed by atoms with E-state index in [4.69, 9.17) is 5.11 Å². The number of hydrogen-bond donors (Lipinski definition) is 3. The predicted molar refractivity (Wildman–Crippen MR) is 105 cm³/mol. The number of carbonyl (C=O) groups excluding carboxylic acids is 1. The Labute approximate surface area is 163 Å². The molecule has 1 saturated carbocycles. The maximum atomic E-state index is 13.4. The van der Waals surface area contributed by atoms with Crippen LogP contribution >= 0.6 is 0 Å². The first kappa shape index (κ1) is 20.1. The fourth-order valence-corrected chi connectivity index (χ4v) is 3.86. The summed E-state index contributed by atoms with van der Waals surface area (Å²) in [4.78, 5) is 24.9. The Morgan fingerprint density at radius 2 is 2.11 bits per heavy atom. The number of likely N-dealkylation sites (N-methyl/N-ethyl adjacent to an activating group) is 1. The van der Waals surface area contributed by atoms with E-state index in [1.54, 1.807) is 6.07 Å². The van der Waals surface area contributed by atoms with Crippen LogP contribution in [-0.4, -0.2) is 58.3 Å². The molecule has 1 fully saturated rings. The van der Waals surface area contributed by atoms with Crippen molar-refractivity contribution in [1.29, 1.82) is 0 Å². The number of carboxylic acids is 1. The number of fused-ring (bicyclic) bond motifs is 1. The quantitative estimate of drug-likeness (QED) is 0.644. The van der Waals surface area contributed by atoms with Gasteiger partial charge in [0.2, 0.25) is 0 Å². The number of nitrogens with zero attached hydrogens (tertiary/aromatic N) is 2. The van der Waals surface area contributed by atoms with E-state index in [0.717, 1.165) is 29.3 Å². The molecule has 1 aliphatic carbocycles. The number of aliphatic carboxylic acids is 1. The van der Waals surface area contributed by atoms with E-state index in [1.165, 1.54) is 12.1 Å². The first-order valence-corrected chi connectivity index (χ1v) is 9.61. The van der Waals surface area contributed by atoms with Crippen molar-refractivity contribution in [2.45, 2.75) is 38.3 Å². The van der Waals surface area contributed by atoms with E-state index in [9.17, 15) is 14.0 Å². The van der Waals surface area contributed by atoms with Gasteiger partial charge in [-0.2, -0.15) is 0 Å². The van der Waals surface area contributed by atoms with Crippen LogP contribution in [0.2, 0.25) is 0 Å². The first-order valence-electron chi connectivity index (χ1n) is 9.61. The number of rotatable bonds is 8. The lowest BCUT2D eigenvalue weighted by molar-refractivity contribution is -0.139. The Balaban J connectivity index is 1.42. The van der Waals surface area contributed by atoms with Crippen LogP contribution in [-0.2, 0) is 18.3 Å². The normalized spacial score (nSPS) is 18.9. The predicted octanol–water partition coefficient (Wildman–Crippen LogP) is 2.10. The molecule has 0 atom stereocenters. The Morgan fingerprint density at radius 1 is 1.36 bits per heavy atom. The van der Waals surface area contributed by atoms with Gasteiger partial charge in [-0.05, 0) is 49.6 Å². The standard InChI is InChI=1S/C20H27FN4O3/c1-3-25(12-19(26)27)16-9-15(10-16)23-20(28)22-7-6-13-11-24(2)18-8-14(21)4-5-17(13)18/h4-5,8,11,15-16H,3,6-7,9-10,12H2,1-2H3,(H,26,27)(H2,22,23,28). The van der Waals surface area contributed by atoms with Crippen LogP contribution in [0.1, 0.15) is 25.3 Å². The summed E-state index contributed by atoms with van der Waals surface area (Å²) >= 11 is 0. The van der Waals surface area contributed by atoms with Crippen molar-refractivity contribution in [2.75, 3.05) is 19.6 Å². The number of nitrogens with one attached hydrogen (secondary N) is 2. The molecular formula is C20H27FN4O3. The van der Waals surface area contributed by atoms with Crippen molar-refractivity contribution in [2.24, 2.45) is 7.05 Å². The largest absolute Gasteiger partial charge is 0.480 e. The zero-order valence-corrected chi connectivity index (χ0v) is 16.2. The molecular weight excluding hydrogens is 363 g/mol. The minimum Gasteiger partial charge on any atom is -0.480 e. The van der Waals surface area contributed by atoms with Crippen LogP contribution in [0.25, 0.3) is 10.9 Å². The maximum absolute atomic E-state index is 13.4. The number of aromatic nitrogens is 1. The van der Waals surface area contributed by atoms with Gasteiger partial charge in [-0.25, -0.2) is 9.18 Å². The summed E-state index contributed by atoms with van der Waals surface area (Å²) in [5.74, 6) is -1.09. The molecule has 1 aromatic heterocycles. The van der Waals surface area contributed by atoms with Crippen LogP contribution in [0.3, 0.4) is 0 Å². The zero-order chi connectivity index (χ0) is 20.3. The molecule has 0 radical (unpaired) electrons. The molecule has 2 aromatic rings. The highest BCUT2D eigenvalue weighted by Gasteiger charge is 2.34. The summed E-state index contributed by atoms with van der Waals surface area (Å²) in [6, 6.07) is 4.80. The van der Waals surface area contributed by atoms with E-state index in [1.807, 2.05) is 29.6 Å². The molecule has 0 unspecified atom stereocenters. The number of amides is 2. The van der Waals surface area contributed by atoms with Gasteiger partial charge >= 0.3 is 12.0 Å². The topological polar surface area (TPSA) is 86.6 Å². The summed E-state index contributed by atoms with van der Waals surface area (Å²) in [5, 5.41) is 15.7. The number of hydrogen-bond acceptors (Lipinski definition) is 3. The fraction of sp³-hybridized carbons (Fsp3) is 0.500. The molecule has 0 aliphatic heterocycles. The fourth-order valence-electron chi connectivity index (χ4n) is 3.86. The van der Waals surface area contributed by atoms with Crippen LogP contribution in [0.5, 0.6) is 0 Å². The number of benzene rings is 1. The van der Waals surface area contributed by atoms with Crippen LogP contribution in [0.15, 0.2) is 24.4 Å². The third kappa shape index (κ3) is 4.62. The Morgan fingerprint density at radius 3 is 2.79 bits per heavy atom. The summed E-state index contributed by atoms with van der Waals surface area (Å²) in [6.45, 7) is 3.15. The molecule has 1 aromatic carbocycles. The van der Waals surface area contributed by atoms with Gasteiger partial charge in [0.05, 0.1) is 12.1 Å². The van der Waals surface area contributed by atoms with E-state index < -0.39 is 5.97 Å². The van der Waals surface area contributed by atoms with Crippen LogP contribution in [0, 0.1) is 5.82 Å². The lowest BCUT2D eigenvalue weighted by atomic mass is 9.85. The summed E-state index contributed by atoms with van der Waals surface area (Å²) in [5.41, 5.74) is 1.90. The van der Waals surface area contributed by atoms with Crippen molar-refractivity contribution in [3.8, 4) is 0 Å². The maximum Gasteiger partial charge on any atom is 0.317 e. The minimum absolute atomic E-state index is 0.0367. The summed E-state index contributed by atoms with van der Waals surface area (Å²) < 4.78 is 15.3. The van der Waals surface area contributed by atoms with Gasteiger partial charge in [0.25, 0.3) is 0 Å². The van der Waals surface area contributed by atoms with E-state index in [0.29, 0.717) is 19.5 Å². The number of urea groups is 1. The second kappa shape index (κ2) is 8.60. The van der Waals surface area contributed by atoms with E-state index in [2.05, 4.69) is 10.6 Å². The van der Waals surface area contributed by atoms with Crippen molar-refractivity contribution in [3.05, 3.63) is 35.8 Å². The lowest BCUT2D eigenvalue weighted by Crippen LogP contribution is -2.56. The zero-order valence-electron chi connectivity index (χ0n) is 16.2. The van der Waals surface area contributed by atoms with Crippen molar-refractivity contribution in [3.63, 3.8) is 0 Å². The number of aryl methyl sites for hydroxylation is 1. The highest BCUT2D eigenvalue weighted by atomic mass is 19.1. The molecule has 28 heavy (non-hydrogen) atoms. The Hall–Kier alpha value is -2.61. The van der Waals surface area contributed by atoms with Gasteiger partial charge in [0.1, 0.15) is 5.82 Å². The number of carbonyl (C=O) groups is 2. The molecule has 152 valence electrons. The van der Waals surface area contributed by atoms with E-state index in [-0.39, 0.29) is 30.5 Å². The molecule has 7 nitrogen and oxygen atoms in total. The molecule has 0 spiro atoms. The number of carboxylic acid groups (broad SMARTS) is 1. The second-order valence-corrected chi connectivity index (χ2v) is 7.36. The van der Waals surface area contributed by atoms with Gasteiger partial charge in [-0.3, -0.25) is 9.69 Å². The smallest absolute Gasteiger partial charge is 0.317 e. The van der Waals surface area contributed by atoms with Gasteiger partial charge in [0.15, 0.2) is 0 Å². The van der Waals surface area contributed by atoms with Crippen LogP contribution in [0.4, 0.5) is 9.18 Å². The molecule has 1 heterocycles. The Bertz CT molecular complexity index is 860. The van der Waals surface area contributed by atoms with Crippen molar-refractivity contribution < 1.29 is 19.1 Å². The van der Waals surface area contributed by atoms with Gasteiger partial charge in [-0.15, -0.1) is 0 Å². The SMILES string of the molecule is CCN(CC(=O)O)C1CC(NC(=O)NCCc2cn(C)c3cc(F)ccc23)C1. The first-order chi connectivity index (χ1) is 13.4. The summed E-state index contributed by atoms with van der Waals surface area (Å²) in [7, 11) is 1.88. The lowest BCUT2D eigenvalue weighted by Gasteiger charge is -2.42. The number of halogens is 1. The molecule has 0 bridgehead atoms. The monoisotopic (exact) mass is 390 g/mol. The van der Waals surface area contributed by atoms with Gasteiger partial charge in [-0.1, -0.05) is 6.92 Å². The van der Waals surface area contributed by atoms with Crippen LogP contribution < -0.4 is 10.6 Å². The summed E-state index contributed by atoms with van der Waals surface area (Å²) in [6.07, 6.45) is 4.15. The molecule has 2 amide bonds. The second-order valence-electron chi connectivity index (χ2n) is 7.36. The molecule has 0 saturated heterocycles. The average molecular weight is 390 g/mol. The van der Waals surface area contributed by atoms with Gasteiger partial charge in [0, 0.05) is 37.3 Å². The van der Waals surface area contributed by atoms with Gasteiger partial charge < -0.3 is 20.3 Å². The highest BCUT2D eigenvalue weighted by molar-refractivity contribution is 5.84. The third-order valence-electron chi connectivity index (χ3n) is 5.42. The molecule has 3 rings (SSSR count). The van der Waals surface area contributed by atoms with Crippen molar-refractivity contribution >= 4 is 22.9 Å². The highest BCUT2D eigenvalue weighted by Crippen LogP contribution is 2.25. The van der Waals surface area contributed by atoms with E-state index >= 15 is 0 Å². The average Bonchev–Trinajstić information content (AvgIpc) is 2.91. The molecule has 8 heteroatoms. The minimum atomic E-state index is -0.827.